The highest BCUT2D eigenvalue weighted by molar-refractivity contribution is 5.77. The molecule has 170 valence electrons. The molecule has 4 rings (SSSR count). The second-order valence-electron chi connectivity index (χ2n) is 6.84. The monoisotopic (exact) mass is 449 g/mol. The molecule has 33 heavy (non-hydrogen) atoms. The van der Waals surface area contributed by atoms with E-state index in [2.05, 4.69) is 20.6 Å². The van der Waals surface area contributed by atoms with Crippen LogP contribution in [0.4, 0.5) is 0 Å². The van der Waals surface area contributed by atoms with Crippen LogP contribution in [0.3, 0.4) is 0 Å². The molecular formula is C23H23N5O5. The van der Waals surface area contributed by atoms with Crippen molar-refractivity contribution in [1.82, 2.24) is 25.1 Å². The van der Waals surface area contributed by atoms with Gasteiger partial charge in [-0.15, -0.1) is 15.3 Å². The maximum Gasteiger partial charge on any atom is 0.258 e. The SMILES string of the molecule is COc1cccc(-c2nnc3ccc(OCCNC(=O)COc4ccccc4OC)nn23)c1. The summed E-state index contributed by atoms with van der Waals surface area (Å²) in [7, 11) is 3.15. The van der Waals surface area contributed by atoms with Gasteiger partial charge in [0.1, 0.15) is 12.4 Å². The number of nitrogens with one attached hydrogen (secondary N) is 1. The molecule has 0 radical (unpaired) electrons. The number of para-hydroxylation sites is 2. The van der Waals surface area contributed by atoms with E-state index in [-0.39, 0.29) is 19.1 Å². The average molecular weight is 449 g/mol. The number of carbonyl (C=O) groups is 1. The molecule has 0 unspecified atom stereocenters. The number of rotatable bonds is 10. The van der Waals surface area contributed by atoms with Crippen LogP contribution in [0.1, 0.15) is 0 Å². The van der Waals surface area contributed by atoms with Crippen LogP contribution < -0.4 is 24.3 Å². The molecule has 0 fully saturated rings. The maximum absolute atomic E-state index is 12.0. The average Bonchev–Trinajstić information content (AvgIpc) is 3.29. The zero-order valence-corrected chi connectivity index (χ0v) is 18.2. The standard InChI is InChI=1S/C23H23N5O5/c1-30-17-7-5-6-16(14-17)23-26-25-20-10-11-22(27-28(20)23)32-13-12-24-21(29)15-33-19-9-4-3-8-18(19)31-2/h3-11,14H,12-13,15H2,1-2H3,(H,24,29). The Morgan fingerprint density at radius 2 is 1.79 bits per heavy atom. The zero-order valence-electron chi connectivity index (χ0n) is 18.2. The minimum Gasteiger partial charge on any atom is -0.497 e. The first-order valence-corrected chi connectivity index (χ1v) is 10.2. The normalized spacial score (nSPS) is 10.6. The molecule has 10 heteroatoms. The van der Waals surface area contributed by atoms with Gasteiger partial charge in [-0.3, -0.25) is 4.79 Å². The van der Waals surface area contributed by atoms with Crippen LogP contribution in [-0.4, -0.2) is 59.7 Å². The third kappa shape index (κ3) is 5.29. The largest absolute Gasteiger partial charge is 0.497 e. The third-order valence-corrected chi connectivity index (χ3v) is 4.67. The van der Waals surface area contributed by atoms with Gasteiger partial charge in [-0.1, -0.05) is 24.3 Å². The van der Waals surface area contributed by atoms with Gasteiger partial charge < -0.3 is 24.3 Å². The summed E-state index contributed by atoms with van der Waals surface area (Å²) in [5.41, 5.74) is 1.40. The number of hydrogen-bond donors (Lipinski definition) is 1. The fourth-order valence-electron chi connectivity index (χ4n) is 3.07. The van der Waals surface area contributed by atoms with Crippen LogP contribution in [0.5, 0.6) is 23.1 Å². The van der Waals surface area contributed by atoms with E-state index < -0.39 is 0 Å². The lowest BCUT2D eigenvalue weighted by atomic mass is 10.2. The summed E-state index contributed by atoms with van der Waals surface area (Å²) in [4.78, 5) is 12.0. The molecule has 10 nitrogen and oxygen atoms in total. The van der Waals surface area contributed by atoms with E-state index in [1.54, 1.807) is 43.0 Å². The Kier molecular flexibility index (Phi) is 6.84. The molecule has 2 heterocycles. The van der Waals surface area contributed by atoms with Crippen molar-refractivity contribution in [3.63, 3.8) is 0 Å². The lowest BCUT2D eigenvalue weighted by molar-refractivity contribution is -0.123. The Balaban J connectivity index is 1.31. The second-order valence-corrected chi connectivity index (χ2v) is 6.84. The minimum atomic E-state index is -0.271. The first kappa shape index (κ1) is 21.9. The van der Waals surface area contributed by atoms with Gasteiger partial charge in [-0.05, 0) is 30.3 Å². The molecule has 1 amide bonds. The lowest BCUT2D eigenvalue weighted by Gasteiger charge is -2.11. The Bertz CT molecular complexity index is 1240. The first-order valence-electron chi connectivity index (χ1n) is 10.2. The number of amides is 1. The van der Waals surface area contributed by atoms with Crippen molar-refractivity contribution < 1.29 is 23.7 Å². The van der Waals surface area contributed by atoms with Crippen LogP contribution in [0.15, 0.2) is 60.7 Å². The topological polar surface area (TPSA) is 109 Å². The minimum absolute atomic E-state index is 0.130. The first-order chi connectivity index (χ1) is 16.2. The van der Waals surface area contributed by atoms with Crippen molar-refractivity contribution in [2.24, 2.45) is 0 Å². The Labute approximate surface area is 190 Å². The van der Waals surface area contributed by atoms with Crippen LogP contribution in [0.25, 0.3) is 17.0 Å². The van der Waals surface area contributed by atoms with E-state index in [1.807, 2.05) is 36.4 Å². The van der Waals surface area contributed by atoms with Crippen molar-refractivity contribution in [3.8, 4) is 34.5 Å². The van der Waals surface area contributed by atoms with Gasteiger partial charge in [-0.2, -0.15) is 4.52 Å². The highest BCUT2D eigenvalue weighted by atomic mass is 16.5. The third-order valence-electron chi connectivity index (χ3n) is 4.67. The van der Waals surface area contributed by atoms with Gasteiger partial charge in [0, 0.05) is 11.6 Å². The molecule has 4 aromatic rings. The van der Waals surface area contributed by atoms with E-state index >= 15 is 0 Å². The predicted molar refractivity (Wildman–Crippen MR) is 120 cm³/mol. The van der Waals surface area contributed by atoms with Crippen LogP contribution in [0.2, 0.25) is 0 Å². The second kappa shape index (κ2) is 10.3. The van der Waals surface area contributed by atoms with E-state index in [4.69, 9.17) is 18.9 Å². The Morgan fingerprint density at radius 1 is 0.939 bits per heavy atom. The van der Waals surface area contributed by atoms with Gasteiger partial charge in [0.25, 0.3) is 5.91 Å². The highest BCUT2D eigenvalue weighted by Crippen LogP contribution is 2.25. The highest BCUT2D eigenvalue weighted by Gasteiger charge is 2.12. The zero-order chi connectivity index (χ0) is 23.0. The predicted octanol–water partition coefficient (Wildman–Crippen LogP) is 2.38. The van der Waals surface area contributed by atoms with E-state index in [0.717, 1.165) is 5.56 Å². The summed E-state index contributed by atoms with van der Waals surface area (Å²) in [5, 5.41) is 15.6. The molecule has 0 aliphatic heterocycles. The summed E-state index contributed by atoms with van der Waals surface area (Å²) in [5.74, 6) is 2.46. The number of methoxy groups -OCH3 is 2. The fourth-order valence-corrected chi connectivity index (χ4v) is 3.07. The number of ether oxygens (including phenoxy) is 4. The number of aromatic nitrogens is 4. The van der Waals surface area contributed by atoms with Crippen LogP contribution >= 0.6 is 0 Å². The van der Waals surface area contributed by atoms with Crippen molar-refractivity contribution in [2.45, 2.75) is 0 Å². The Hall–Kier alpha value is -4.34. The molecule has 0 aliphatic carbocycles. The molecule has 0 atom stereocenters. The quantitative estimate of drug-likeness (QED) is 0.368. The van der Waals surface area contributed by atoms with E-state index in [1.165, 1.54) is 0 Å². The van der Waals surface area contributed by atoms with Crippen molar-refractivity contribution in [3.05, 3.63) is 60.7 Å². The molecule has 0 aliphatic rings. The summed E-state index contributed by atoms with van der Waals surface area (Å²) >= 11 is 0. The Morgan fingerprint density at radius 3 is 2.61 bits per heavy atom. The van der Waals surface area contributed by atoms with Crippen molar-refractivity contribution >= 4 is 11.6 Å². The molecule has 0 spiro atoms. The summed E-state index contributed by atoms with van der Waals surface area (Å²) in [6, 6.07) is 18.1. The molecule has 0 saturated heterocycles. The molecular weight excluding hydrogens is 426 g/mol. The summed E-state index contributed by atoms with van der Waals surface area (Å²) < 4.78 is 23.3. The van der Waals surface area contributed by atoms with Gasteiger partial charge >= 0.3 is 0 Å². The van der Waals surface area contributed by atoms with E-state index in [0.29, 0.717) is 41.1 Å². The van der Waals surface area contributed by atoms with Gasteiger partial charge in [0.05, 0.1) is 20.8 Å². The molecule has 0 bridgehead atoms. The number of benzene rings is 2. The number of carbonyl (C=O) groups excluding carboxylic acids is 1. The smallest absolute Gasteiger partial charge is 0.258 e. The van der Waals surface area contributed by atoms with Gasteiger partial charge in [0.15, 0.2) is 29.6 Å². The van der Waals surface area contributed by atoms with Gasteiger partial charge in [-0.25, -0.2) is 0 Å². The van der Waals surface area contributed by atoms with Crippen molar-refractivity contribution in [1.29, 1.82) is 0 Å². The molecule has 2 aromatic heterocycles. The lowest BCUT2D eigenvalue weighted by Crippen LogP contribution is -2.32. The van der Waals surface area contributed by atoms with Crippen LogP contribution in [0, 0.1) is 0 Å². The summed E-state index contributed by atoms with van der Waals surface area (Å²) in [6.45, 7) is 0.392. The number of hydrogen-bond acceptors (Lipinski definition) is 8. The van der Waals surface area contributed by atoms with Crippen molar-refractivity contribution in [2.75, 3.05) is 34.0 Å². The van der Waals surface area contributed by atoms with Crippen LogP contribution in [-0.2, 0) is 4.79 Å². The summed E-state index contributed by atoms with van der Waals surface area (Å²) in [6.07, 6.45) is 0. The van der Waals surface area contributed by atoms with E-state index in [9.17, 15) is 4.79 Å². The maximum atomic E-state index is 12.0. The number of nitrogens with zero attached hydrogens (tertiary/aromatic N) is 4. The molecule has 0 saturated carbocycles. The molecule has 2 aromatic carbocycles. The fraction of sp³-hybridized carbons (Fsp3) is 0.217. The molecule has 1 N–H and O–H groups in total. The number of fused-ring (bicyclic) bond motifs is 1. The van der Waals surface area contributed by atoms with Gasteiger partial charge in [0.2, 0.25) is 5.88 Å².